The lowest BCUT2D eigenvalue weighted by Crippen LogP contribution is -2.44. The Hall–Kier alpha value is -1.78. The molecule has 0 fully saturated rings. The van der Waals surface area contributed by atoms with Crippen LogP contribution in [0.15, 0.2) is 23.0 Å². The van der Waals surface area contributed by atoms with Crippen molar-refractivity contribution in [3.63, 3.8) is 0 Å². The molecule has 0 aromatic carbocycles. The maximum Gasteiger partial charge on any atom is 0.326 e. The lowest BCUT2D eigenvalue weighted by atomic mass is 10.0. The van der Waals surface area contributed by atoms with Gasteiger partial charge in [-0.2, -0.15) is 0 Å². The number of aliphatic carboxylic acids is 1. The topological polar surface area (TPSA) is 79.5 Å². The molecule has 17 heavy (non-hydrogen) atoms. The van der Waals surface area contributed by atoms with Gasteiger partial charge in [0, 0.05) is 6.42 Å². The number of rotatable bonds is 6. The summed E-state index contributed by atoms with van der Waals surface area (Å²) in [6, 6.07) is 0.955. The molecular formula is C12H17NO4. The van der Waals surface area contributed by atoms with E-state index in [0.717, 1.165) is 5.56 Å². The number of carboxylic acids is 1. The molecule has 0 aliphatic heterocycles. The first-order valence-electron chi connectivity index (χ1n) is 5.54. The molecule has 0 saturated carbocycles. The Labute approximate surface area is 99.8 Å². The highest BCUT2D eigenvalue weighted by Gasteiger charge is 2.22. The highest BCUT2D eigenvalue weighted by Crippen LogP contribution is 2.05. The predicted octanol–water partition coefficient (Wildman–Crippen LogP) is 1.44. The Morgan fingerprint density at radius 1 is 1.47 bits per heavy atom. The second kappa shape index (κ2) is 6.08. The van der Waals surface area contributed by atoms with E-state index in [1.807, 2.05) is 0 Å². The van der Waals surface area contributed by atoms with Crippen molar-refractivity contribution < 1.29 is 19.1 Å². The van der Waals surface area contributed by atoms with Crippen molar-refractivity contribution >= 4 is 11.9 Å². The molecule has 0 aliphatic rings. The summed E-state index contributed by atoms with van der Waals surface area (Å²) in [4.78, 5) is 22.4. The first-order valence-corrected chi connectivity index (χ1v) is 5.54. The van der Waals surface area contributed by atoms with Gasteiger partial charge in [0.25, 0.3) is 0 Å². The molecule has 0 spiro atoms. The number of aryl methyl sites for hydroxylation is 1. The maximum absolute atomic E-state index is 11.6. The van der Waals surface area contributed by atoms with Gasteiger partial charge in [-0.25, -0.2) is 4.79 Å². The quantitative estimate of drug-likeness (QED) is 0.787. The van der Waals surface area contributed by atoms with E-state index >= 15 is 0 Å². The molecule has 1 heterocycles. The Balaban J connectivity index is 2.40. The van der Waals surface area contributed by atoms with Crippen LogP contribution in [0.1, 0.15) is 25.8 Å². The van der Waals surface area contributed by atoms with Crippen LogP contribution in [0.3, 0.4) is 0 Å². The summed E-state index contributed by atoms with van der Waals surface area (Å²) in [5.41, 5.74) is 0.927. The summed E-state index contributed by atoms with van der Waals surface area (Å²) in [5.74, 6) is -1.39. The molecule has 1 aromatic rings. The van der Waals surface area contributed by atoms with Gasteiger partial charge in [0.15, 0.2) is 0 Å². The van der Waals surface area contributed by atoms with E-state index < -0.39 is 12.0 Å². The first-order chi connectivity index (χ1) is 8.00. The monoisotopic (exact) mass is 239 g/mol. The minimum Gasteiger partial charge on any atom is -0.480 e. The van der Waals surface area contributed by atoms with Crippen LogP contribution in [0, 0.1) is 5.92 Å². The van der Waals surface area contributed by atoms with Gasteiger partial charge < -0.3 is 14.8 Å². The molecule has 0 radical (unpaired) electrons. The van der Waals surface area contributed by atoms with E-state index in [-0.39, 0.29) is 18.2 Å². The summed E-state index contributed by atoms with van der Waals surface area (Å²) in [7, 11) is 0. The molecular weight excluding hydrogens is 222 g/mol. The average molecular weight is 239 g/mol. The van der Waals surface area contributed by atoms with E-state index in [1.54, 1.807) is 32.4 Å². The zero-order valence-corrected chi connectivity index (χ0v) is 9.97. The third-order valence-corrected chi connectivity index (χ3v) is 2.47. The number of hydrogen-bond donors (Lipinski definition) is 2. The van der Waals surface area contributed by atoms with Gasteiger partial charge in [-0.3, -0.25) is 4.79 Å². The lowest BCUT2D eigenvalue weighted by molar-refractivity contribution is -0.143. The maximum atomic E-state index is 11.6. The van der Waals surface area contributed by atoms with Crippen molar-refractivity contribution in [2.75, 3.05) is 0 Å². The molecule has 5 nitrogen and oxygen atoms in total. The highest BCUT2D eigenvalue weighted by atomic mass is 16.4. The Morgan fingerprint density at radius 3 is 2.65 bits per heavy atom. The predicted molar refractivity (Wildman–Crippen MR) is 61.4 cm³/mol. The van der Waals surface area contributed by atoms with Crippen molar-refractivity contribution in [2.45, 2.75) is 32.7 Å². The SMILES string of the molecule is CC(C)C(NC(=O)CCc1ccoc1)C(=O)O. The number of amides is 1. The molecule has 94 valence electrons. The van der Waals surface area contributed by atoms with E-state index in [4.69, 9.17) is 9.52 Å². The average Bonchev–Trinajstić information content (AvgIpc) is 2.74. The molecule has 1 aromatic heterocycles. The fraction of sp³-hybridized carbons (Fsp3) is 0.500. The standard InChI is InChI=1S/C12H17NO4/c1-8(2)11(12(15)16)13-10(14)4-3-9-5-6-17-7-9/h5-8,11H,3-4H2,1-2H3,(H,13,14)(H,15,16). The van der Waals surface area contributed by atoms with Crippen LogP contribution in [0.25, 0.3) is 0 Å². The fourth-order valence-electron chi connectivity index (χ4n) is 1.45. The van der Waals surface area contributed by atoms with Crippen molar-refractivity contribution in [1.82, 2.24) is 5.32 Å². The van der Waals surface area contributed by atoms with Crippen molar-refractivity contribution in [1.29, 1.82) is 0 Å². The smallest absolute Gasteiger partial charge is 0.326 e. The van der Waals surface area contributed by atoms with Crippen LogP contribution in [-0.2, 0) is 16.0 Å². The summed E-state index contributed by atoms with van der Waals surface area (Å²) in [5, 5.41) is 11.4. The summed E-state index contributed by atoms with van der Waals surface area (Å²) in [6.07, 6.45) is 3.93. The van der Waals surface area contributed by atoms with Gasteiger partial charge in [0.2, 0.25) is 5.91 Å². The third-order valence-electron chi connectivity index (χ3n) is 2.47. The van der Waals surface area contributed by atoms with Gasteiger partial charge in [-0.15, -0.1) is 0 Å². The van der Waals surface area contributed by atoms with Gasteiger partial charge in [0.05, 0.1) is 12.5 Å². The Bertz CT molecular complexity index is 370. The zero-order chi connectivity index (χ0) is 12.8. The van der Waals surface area contributed by atoms with Gasteiger partial charge in [-0.1, -0.05) is 13.8 Å². The Kier molecular flexibility index (Phi) is 4.75. The number of furan rings is 1. The van der Waals surface area contributed by atoms with Crippen LogP contribution in [0.5, 0.6) is 0 Å². The molecule has 0 saturated heterocycles. The van der Waals surface area contributed by atoms with Gasteiger partial charge in [0.1, 0.15) is 6.04 Å². The van der Waals surface area contributed by atoms with Crippen molar-refractivity contribution in [3.05, 3.63) is 24.2 Å². The fourth-order valence-corrected chi connectivity index (χ4v) is 1.45. The molecule has 1 amide bonds. The number of hydrogen-bond acceptors (Lipinski definition) is 3. The number of carbonyl (C=O) groups excluding carboxylic acids is 1. The Morgan fingerprint density at radius 2 is 2.18 bits per heavy atom. The van der Waals surface area contributed by atoms with Gasteiger partial charge in [-0.05, 0) is 24.0 Å². The number of carbonyl (C=O) groups is 2. The second-order valence-corrected chi connectivity index (χ2v) is 4.26. The van der Waals surface area contributed by atoms with Gasteiger partial charge >= 0.3 is 5.97 Å². The van der Waals surface area contributed by atoms with E-state index in [2.05, 4.69) is 5.32 Å². The minimum atomic E-state index is -1.00. The summed E-state index contributed by atoms with van der Waals surface area (Å²) >= 11 is 0. The van der Waals surface area contributed by atoms with E-state index in [0.29, 0.717) is 6.42 Å². The van der Waals surface area contributed by atoms with Crippen LogP contribution < -0.4 is 5.32 Å². The number of nitrogens with one attached hydrogen (secondary N) is 1. The summed E-state index contributed by atoms with van der Waals surface area (Å²) in [6.45, 7) is 3.52. The number of carboxylic acid groups (broad SMARTS) is 1. The first kappa shape index (κ1) is 13.3. The largest absolute Gasteiger partial charge is 0.480 e. The summed E-state index contributed by atoms with van der Waals surface area (Å²) < 4.78 is 4.88. The van der Waals surface area contributed by atoms with E-state index in [1.165, 1.54) is 0 Å². The second-order valence-electron chi connectivity index (χ2n) is 4.26. The molecule has 1 unspecified atom stereocenters. The normalized spacial score (nSPS) is 12.4. The molecule has 1 rings (SSSR count). The molecule has 0 aliphatic carbocycles. The lowest BCUT2D eigenvalue weighted by Gasteiger charge is -2.17. The molecule has 1 atom stereocenters. The van der Waals surface area contributed by atoms with Crippen molar-refractivity contribution in [2.24, 2.45) is 5.92 Å². The third kappa shape index (κ3) is 4.30. The molecule has 0 bridgehead atoms. The van der Waals surface area contributed by atoms with E-state index in [9.17, 15) is 9.59 Å². The molecule has 2 N–H and O–H groups in total. The zero-order valence-electron chi connectivity index (χ0n) is 9.97. The van der Waals surface area contributed by atoms with Crippen LogP contribution >= 0.6 is 0 Å². The highest BCUT2D eigenvalue weighted by molar-refractivity contribution is 5.83. The minimum absolute atomic E-state index is 0.134. The van der Waals surface area contributed by atoms with Crippen LogP contribution in [-0.4, -0.2) is 23.0 Å². The van der Waals surface area contributed by atoms with Crippen LogP contribution in [0.2, 0.25) is 0 Å². The van der Waals surface area contributed by atoms with Crippen molar-refractivity contribution in [3.8, 4) is 0 Å². The molecule has 5 heteroatoms. The van der Waals surface area contributed by atoms with Crippen LogP contribution in [0.4, 0.5) is 0 Å².